The molecule has 2 N–H and O–H groups in total. The number of hydrogen-bond acceptors (Lipinski definition) is 2. The lowest BCUT2D eigenvalue weighted by molar-refractivity contribution is 0.302. The predicted octanol–water partition coefficient (Wildman–Crippen LogP) is 5.20. The first kappa shape index (κ1) is 17.9. The third-order valence-electron chi connectivity index (χ3n) is 5.55. The van der Waals surface area contributed by atoms with Gasteiger partial charge < -0.3 is 19.6 Å². The van der Waals surface area contributed by atoms with E-state index in [-0.39, 0.29) is 0 Å². The summed E-state index contributed by atoms with van der Waals surface area (Å²) in [6.45, 7) is 3.32. The van der Waals surface area contributed by atoms with Gasteiger partial charge in [-0.25, -0.2) is 0 Å². The predicted molar refractivity (Wildman–Crippen MR) is 116 cm³/mol. The normalized spacial score (nSPS) is 14.4. The zero-order valence-corrected chi connectivity index (χ0v) is 16.9. The zero-order valence-electron chi connectivity index (χ0n) is 15.4. The SMILES string of the molecule is Clc1cc2c3c(n(CCOc4cccc5[nH]ccc45)c2cc1Cl)CCNCC3. The molecule has 4 nitrogen and oxygen atoms in total. The zero-order chi connectivity index (χ0) is 19.1. The summed E-state index contributed by atoms with van der Waals surface area (Å²) in [5.74, 6) is 0.907. The van der Waals surface area contributed by atoms with Crippen molar-refractivity contribution in [3.8, 4) is 5.75 Å². The summed E-state index contributed by atoms with van der Waals surface area (Å²) in [6.07, 6.45) is 3.93. The number of H-pyrrole nitrogens is 1. The van der Waals surface area contributed by atoms with Crippen LogP contribution in [0.3, 0.4) is 0 Å². The summed E-state index contributed by atoms with van der Waals surface area (Å²) in [4.78, 5) is 3.23. The lowest BCUT2D eigenvalue weighted by atomic mass is 10.1. The Morgan fingerprint density at radius 2 is 1.86 bits per heavy atom. The van der Waals surface area contributed by atoms with Crippen LogP contribution in [0.15, 0.2) is 42.6 Å². The van der Waals surface area contributed by atoms with Crippen LogP contribution in [0.25, 0.3) is 21.8 Å². The number of fused-ring (bicyclic) bond motifs is 4. The number of nitrogens with one attached hydrogen (secondary N) is 2. The summed E-state index contributed by atoms with van der Waals surface area (Å²) < 4.78 is 8.52. The van der Waals surface area contributed by atoms with E-state index in [9.17, 15) is 0 Å². The molecule has 2 aromatic carbocycles. The molecule has 0 amide bonds. The summed E-state index contributed by atoms with van der Waals surface area (Å²) in [6, 6.07) is 12.1. The molecule has 0 saturated carbocycles. The van der Waals surface area contributed by atoms with Crippen LogP contribution in [0, 0.1) is 0 Å². The number of hydrogen-bond donors (Lipinski definition) is 2. The van der Waals surface area contributed by atoms with Crippen molar-refractivity contribution in [1.29, 1.82) is 0 Å². The van der Waals surface area contributed by atoms with Gasteiger partial charge in [-0.05, 0) is 48.9 Å². The Kier molecular flexibility index (Phi) is 4.71. The summed E-state index contributed by atoms with van der Waals surface area (Å²) >= 11 is 12.7. The van der Waals surface area contributed by atoms with E-state index in [2.05, 4.69) is 27.0 Å². The Balaban J connectivity index is 1.49. The molecule has 0 spiro atoms. The average molecular weight is 414 g/mol. The topological polar surface area (TPSA) is 42.0 Å². The van der Waals surface area contributed by atoms with Crippen LogP contribution in [0.5, 0.6) is 5.75 Å². The summed E-state index contributed by atoms with van der Waals surface area (Å²) in [7, 11) is 0. The van der Waals surface area contributed by atoms with Crippen molar-refractivity contribution in [2.75, 3.05) is 19.7 Å². The maximum Gasteiger partial charge on any atom is 0.128 e. The van der Waals surface area contributed by atoms with Crippen LogP contribution in [-0.4, -0.2) is 29.2 Å². The monoisotopic (exact) mass is 413 g/mol. The summed E-state index contributed by atoms with van der Waals surface area (Å²) in [5, 5.41) is 7.02. The van der Waals surface area contributed by atoms with Crippen LogP contribution >= 0.6 is 23.2 Å². The van der Waals surface area contributed by atoms with Gasteiger partial charge in [-0.1, -0.05) is 29.3 Å². The Bertz CT molecular complexity index is 1160. The van der Waals surface area contributed by atoms with E-state index in [0.29, 0.717) is 16.7 Å². The molecule has 0 atom stereocenters. The molecule has 5 rings (SSSR count). The van der Waals surface area contributed by atoms with Gasteiger partial charge >= 0.3 is 0 Å². The van der Waals surface area contributed by atoms with Gasteiger partial charge in [-0.3, -0.25) is 0 Å². The standard InChI is InChI=1S/C22H21Cl2N3O/c23-17-12-16-14-4-7-25-8-6-20(14)27(21(16)13-18(17)24)10-11-28-22-3-1-2-19-15(22)5-9-26-19/h1-3,5,9,12-13,25-26H,4,6-8,10-11H2. The van der Waals surface area contributed by atoms with E-state index >= 15 is 0 Å². The van der Waals surface area contributed by atoms with Gasteiger partial charge in [0.05, 0.1) is 22.1 Å². The Labute approximate surface area is 173 Å². The average Bonchev–Trinajstić information content (AvgIpc) is 3.18. The molecule has 3 heterocycles. The van der Waals surface area contributed by atoms with Crippen molar-refractivity contribution in [3.05, 3.63) is 63.9 Å². The van der Waals surface area contributed by atoms with Crippen LogP contribution in [0.4, 0.5) is 0 Å². The number of ether oxygens (including phenoxy) is 1. The van der Waals surface area contributed by atoms with Crippen molar-refractivity contribution in [2.24, 2.45) is 0 Å². The second-order valence-electron chi connectivity index (χ2n) is 7.15. The van der Waals surface area contributed by atoms with Gasteiger partial charge in [0.2, 0.25) is 0 Å². The molecule has 0 bridgehead atoms. The quantitative estimate of drug-likeness (QED) is 0.482. The molecular weight excluding hydrogens is 393 g/mol. The highest BCUT2D eigenvalue weighted by atomic mass is 35.5. The number of aromatic nitrogens is 2. The third-order valence-corrected chi connectivity index (χ3v) is 6.27. The first-order chi connectivity index (χ1) is 13.7. The van der Waals surface area contributed by atoms with Crippen molar-refractivity contribution < 1.29 is 4.74 Å². The van der Waals surface area contributed by atoms with E-state index in [0.717, 1.165) is 54.6 Å². The molecule has 1 aliphatic heterocycles. The first-order valence-electron chi connectivity index (χ1n) is 9.61. The smallest absolute Gasteiger partial charge is 0.128 e. The van der Waals surface area contributed by atoms with Crippen molar-refractivity contribution in [1.82, 2.24) is 14.9 Å². The lowest BCUT2D eigenvalue weighted by Crippen LogP contribution is -2.18. The van der Waals surface area contributed by atoms with Gasteiger partial charge in [-0.2, -0.15) is 0 Å². The fraction of sp³-hybridized carbons (Fsp3) is 0.273. The molecule has 28 heavy (non-hydrogen) atoms. The fourth-order valence-corrected chi connectivity index (χ4v) is 4.58. The van der Waals surface area contributed by atoms with Crippen LogP contribution < -0.4 is 10.1 Å². The molecule has 0 radical (unpaired) electrons. The van der Waals surface area contributed by atoms with Gasteiger partial charge in [0.25, 0.3) is 0 Å². The molecule has 0 unspecified atom stereocenters. The van der Waals surface area contributed by atoms with Crippen molar-refractivity contribution >= 4 is 45.0 Å². The van der Waals surface area contributed by atoms with Crippen molar-refractivity contribution in [2.45, 2.75) is 19.4 Å². The largest absolute Gasteiger partial charge is 0.491 e. The molecular formula is C22H21Cl2N3O. The van der Waals surface area contributed by atoms with E-state index < -0.39 is 0 Å². The highest BCUT2D eigenvalue weighted by molar-refractivity contribution is 6.42. The van der Waals surface area contributed by atoms with E-state index in [4.69, 9.17) is 27.9 Å². The molecule has 1 aliphatic rings. The summed E-state index contributed by atoms with van der Waals surface area (Å²) in [5.41, 5.74) is 4.98. The van der Waals surface area contributed by atoms with Gasteiger partial charge in [0.1, 0.15) is 12.4 Å². The number of rotatable bonds is 4. The highest BCUT2D eigenvalue weighted by Crippen LogP contribution is 2.34. The third kappa shape index (κ3) is 3.06. The van der Waals surface area contributed by atoms with Gasteiger partial charge in [0.15, 0.2) is 0 Å². The Morgan fingerprint density at radius 3 is 2.79 bits per heavy atom. The molecule has 0 fully saturated rings. The maximum atomic E-state index is 6.35. The van der Waals surface area contributed by atoms with Gasteiger partial charge in [0, 0.05) is 41.1 Å². The fourth-order valence-electron chi connectivity index (χ4n) is 4.26. The number of halogens is 2. The van der Waals surface area contributed by atoms with E-state index in [1.165, 1.54) is 16.6 Å². The number of nitrogens with zero attached hydrogens (tertiary/aromatic N) is 1. The molecule has 0 aliphatic carbocycles. The second-order valence-corrected chi connectivity index (χ2v) is 7.97. The minimum absolute atomic E-state index is 0.591. The molecule has 144 valence electrons. The lowest BCUT2D eigenvalue weighted by Gasteiger charge is -2.13. The van der Waals surface area contributed by atoms with E-state index in [1.807, 2.05) is 30.5 Å². The Hall–Kier alpha value is -2.14. The number of benzene rings is 2. The minimum atomic E-state index is 0.591. The van der Waals surface area contributed by atoms with Gasteiger partial charge in [-0.15, -0.1) is 0 Å². The second kappa shape index (κ2) is 7.36. The van der Waals surface area contributed by atoms with E-state index in [1.54, 1.807) is 0 Å². The minimum Gasteiger partial charge on any atom is -0.491 e. The molecule has 2 aromatic heterocycles. The number of aromatic amines is 1. The van der Waals surface area contributed by atoms with Crippen molar-refractivity contribution in [3.63, 3.8) is 0 Å². The van der Waals surface area contributed by atoms with Crippen LogP contribution in [0.1, 0.15) is 11.3 Å². The highest BCUT2D eigenvalue weighted by Gasteiger charge is 2.20. The van der Waals surface area contributed by atoms with Crippen LogP contribution in [-0.2, 0) is 19.4 Å². The first-order valence-corrected chi connectivity index (χ1v) is 10.4. The molecule has 6 heteroatoms. The van der Waals surface area contributed by atoms with Crippen LogP contribution in [0.2, 0.25) is 10.0 Å². The molecule has 0 saturated heterocycles. The maximum absolute atomic E-state index is 6.35. The Morgan fingerprint density at radius 1 is 1.00 bits per heavy atom. The molecule has 4 aromatic rings.